The van der Waals surface area contributed by atoms with Gasteiger partial charge < -0.3 is 0 Å². The van der Waals surface area contributed by atoms with E-state index >= 15 is 0 Å². The lowest BCUT2D eigenvalue weighted by Crippen LogP contribution is -2.21. The molecule has 0 spiro atoms. The second-order valence-corrected chi connectivity index (χ2v) is 11.3. The van der Waals surface area contributed by atoms with Gasteiger partial charge in [0.05, 0.1) is 16.5 Å². The lowest BCUT2D eigenvalue weighted by atomic mass is 9.90. The molecule has 3 aromatic rings. The zero-order valence-electron chi connectivity index (χ0n) is 18.3. The fourth-order valence-electron chi connectivity index (χ4n) is 4.00. The summed E-state index contributed by atoms with van der Waals surface area (Å²) >= 11 is 0. The maximum absolute atomic E-state index is 13.0. The summed E-state index contributed by atoms with van der Waals surface area (Å²) in [7, 11) is -1.28. The molecule has 4 aliphatic rings. The highest BCUT2D eigenvalue weighted by Gasteiger charge is 2.24. The predicted octanol–water partition coefficient (Wildman–Crippen LogP) is 7.09. The Hall–Kier alpha value is -2.88. The average Bonchev–Trinajstić information content (AvgIpc) is 2.75. The highest BCUT2D eigenvalue weighted by atomic mass is 32.2. The van der Waals surface area contributed by atoms with Crippen LogP contribution in [0.4, 0.5) is 5.69 Å². The molecule has 1 unspecified atom stereocenters. The molecule has 0 aromatic heterocycles. The van der Waals surface area contributed by atoms with Gasteiger partial charge in [-0.25, -0.2) is 0 Å². The van der Waals surface area contributed by atoms with E-state index in [2.05, 4.69) is 52.5 Å². The first kappa shape index (κ1) is 21.4. The van der Waals surface area contributed by atoms with Crippen LogP contribution in [0.25, 0.3) is 21.6 Å². The number of benzene rings is 3. The van der Waals surface area contributed by atoms with E-state index in [1.807, 2.05) is 39.0 Å². The van der Waals surface area contributed by atoms with E-state index in [9.17, 15) is 4.21 Å². The second kappa shape index (κ2) is 8.70. The fraction of sp³-hybridized carbons (Fsp3) is 0.308. The van der Waals surface area contributed by atoms with Crippen LogP contribution in [0.3, 0.4) is 0 Å². The van der Waals surface area contributed by atoms with E-state index in [-0.39, 0.29) is 0 Å². The Morgan fingerprint density at radius 2 is 1.45 bits per heavy atom. The Balaban J connectivity index is 1.79. The number of hydrogen-bond donors (Lipinski definition) is 0. The highest BCUT2D eigenvalue weighted by Crippen LogP contribution is 2.35. The Morgan fingerprint density at radius 3 is 2.10 bits per heavy atom. The molecule has 7 rings (SSSR count). The van der Waals surface area contributed by atoms with Crippen LogP contribution in [0.1, 0.15) is 43.0 Å². The summed E-state index contributed by atoms with van der Waals surface area (Å²) in [5.41, 5.74) is 17.0. The van der Waals surface area contributed by atoms with Crippen LogP contribution < -0.4 is 0 Å². The highest BCUT2D eigenvalue weighted by molar-refractivity contribution is 7.86. The Kier molecular flexibility index (Phi) is 5.99. The summed E-state index contributed by atoms with van der Waals surface area (Å²) in [6.45, 7) is 5.78. The van der Waals surface area contributed by atoms with Gasteiger partial charge in [0.2, 0.25) is 0 Å². The smallest absolute Gasteiger partial charge is 0.0588 e. The second-order valence-electron chi connectivity index (χ2n) is 9.06. The maximum atomic E-state index is 13.0. The van der Waals surface area contributed by atoms with Gasteiger partial charge in [0.1, 0.15) is 0 Å². The molecule has 3 aromatic carbocycles. The molecule has 0 saturated heterocycles. The van der Waals surface area contributed by atoms with E-state index in [4.69, 9.17) is 5.53 Å². The van der Waals surface area contributed by atoms with Gasteiger partial charge in [0.15, 0.2) is 0 Å². The lowest BCUT2D eigenvalue weighted by molar-refractivity contribution is 0.649. The quantitative estimate of drug-likeness (QED) is 0.249. The van der Waals surface area contributed by atoms with Crippen LogP contribution in [0.5, 0.6) is 0 Å². The molecule has 4 bridgehead atoms. The summed E-state index contributed by atoms with van der Waals surface area (Å²) < 4.78 is 12.5. The molecule has 5 heteroatoms. The molecule has 1 atom stereocenters. The van der Waals surface area contributed by atoms with Gasteiger partial charge in [0.25, 0.3) is 0 Å². The SMILES string of the molecule is CC(C)(C)S(=O)c1ccc(-c2cc3ccc2CCc2ccc(cc2)CC3)cc1N=[N+]=[N-]. The third-order valence-electron chi connectivity index (χ3n) is 5.76. The Morgan fingerprint density at radius 1 is 0.839 bits per heavy atom. The normalized spacial score (nSPS) is 14.4. The van der Waals surface area contributed by atoms with E-state index in [0.717, 1.165) is 36.8 Å². The molecule has 31 heavy (non-hydrogen) atoms. The third-order valence-corrected chi connectivity index (χ3v) is 7.62. The van der Waals surface area contributed by atoms with Gasteiger partial charge >= 0.3 is 0 Å². The van der Waals surface area contributed by atoms with Crippen molar-refractivity contribution in [1.29, 1.82) is 0 Å². The van der Waals surface area contributed by atoms with Crippen molar-refractivity contribution in [2.24, 2.45) is 5.11 Å². The largest absolute Gasteiger partial charge is 0.254 e. The number of nitrogens with zero attached hydrogens (tertiary/aromatic N) is 3. The van der Waals surface area contributed by atoms with Crippen LogP contribution in [-0.2, 0) is 36.5 Å². The number of rotatable bonds is 3. The molecule has 0 radical (unpaired) electrons. The topological polar surface area (TPSA) is 65.8 Å². The van der Waals surface area contributed by atoms with Crippen molar-refractivity contribution >= 4 is 16.5 Å². The van der Waals surface area contributed by atoms with Crippen LogP contribution in [0.2, 0.25) is 0 Å². The summed E-state index contributed by atoms with van der Waals surface area (Å²) in [5.74, 6) is 0. The number of azide groups is 1. The van der Waals surface area contributed by atoms with Crippen molar-refractivity contribution in [2.75, 3.05) is 0 Å². The van der Waals surface area contributed by atoms with Crippen molar-refractivity contribution in [3.05, 3.63) is 93.4 Å². The third kappa shape index (κ3) is 4.73. The molecular weight excluding hydrogens is 402 g/mol. The van der Waals surface area contributed by atoms with Crippen LogP contribution in [0, 0.1) is 0 Å². The van der Waals surface area contributed by atoms with Crippen LogP contribution in [-0.4, -0.2) is 8.96 Å². The van der Waals surface area contributed by atoms with Gasteiger partial charge in [0, 0.05) is 14.6 Å². The lowest BCUT2D eigenvalue weighted by Gasteiger charge is -2.20. The standard InChI is InChI=1S/C26H27N3OS/c1-26(2,3)31(30)25-15-14-22(17-24(25)28-29-27)23-16-20-9-8-18-4-6-19(7-5-18)10-12-21(23)13-11-20/h4-7,11,13-17H,8-10,12H2,1-3H3. The Labute approximate surface area is 186 Å². The molecule has 0 N–H and O–H groups in total. The maximum Gasteiger partial charge on any atom is 0.0588 e. The van der Waals surface area contributed by atoms with Gasteiger partial charge in [-0.15, -0.1) is 0 Å². The van der Waals surface area contributed by atoms with E-state index in [0.29, 0.717) is 10.6 Å². The molecule has 4 aliphatic carbocycles. The van der Waals surface area contributed by atoms with Crippen molar-refractivity contribution in [1.82, 2.24) is 0 Å². The molecule has 0 fully saturated rings. The monoisotopic (exact) mass is 429 g/mol. The van der Waals surface area contributed by atoms with Crippen molar-refractivity contribution in [3.63, 3.8) is 0 Å². The molecule has 4 nitrogen and oxygen atoms in total. The minimum atomic E-state index is -1.28. The van der Waals surface area contributed by atoms with Crippen molar-refractivity contribution in [3.8, 4) is 11.1 Å². The van der Waals surface area contributed by atoms with Crippen molar-refractivity contribution in [2.45, 2.75) is 56.1 Å². The fourth-order valence-corrected chi connectivity index (χ4v) is 5.15. The first-order chi connectivity index (χ1) is 14.8. The summed E-state index contributed by atoms with van der Waals surface area (Å²) in [6, 6.07) is 21.4. The van der Waals surface area contributed by atoms with Gasteiger partial charge in [-0.05, 0) is 97.5 Å². The zero-order chi connectivity index (χ0) is 22.0. The van der Waals surface area contributed by atoms with E-state index in [1.165, 1.54) is 22.3 Å². The molecule has 0 heterocycles. The summed E-state index contributed by atoms with van der Waals surface area (Å²) in [6.07, 6.45) is 3.89. The van der Waals surface area contributed by atoms with Gasteiger partial charge in [-0.2, -0.15) is 0 Å². The van der Waals surface area contributed by atoms with Crippen molar-refractivity contribution < 1.29 is 4.21 Å². The van der Waals surface area contributed by atoms with Crippen LogP contribution >= 0.6 is 0 Å². The minimum absolute atomic E-state index is 0.435. The van der Waals surface area contributed by atoms with Gasteiger partial charge in [-0.1, -0.05) is 53.6 Å². The first-order valence-electron chi connectivity index (χ1n) is 10.7. The van der Waals surface area contributed by atoms with Crippen LogP contribution in [0.15, 0.2) is 70.7 Å². The molecular formula is C26H27N3OS. The van der Waals surface area contributed by atoms with Gasteiger partial charge in [-0.3, -0.25) is 4.21 Å². The molecule has 158 valence electrons. The Bertz CT molecular complexity index is 1190. The predicted molar refractivity (Wildman–Crippen MR) is 128 cm³/mol. The number of aryl methyl sites for hydroxylation is 4. The summed E-state index contributed by atoms with van der Waals surface area (Å²) in [5, 5.41) is 3.89. The van der Waals surface area contributed by atoms with E-state index in [1.54, 1.807) is 0 Å². The average molecular weight is 430 g/mol. The molecule has 0 saturated carbocycles. The zero-order valence-corrected chi connectivity index (χ0v) is 19.1. The molecule has 0 aliphatic heterocycles. The van der Waals surface area contributed by atoms with E-state index < -0.39 is 15.5 Å². The summed E-state index contributed by atoms with van der Waals surface area (Å²) in [4.78, 5) is 3.58. The first-order valence-corrected chi connectivity index (χ1v) is 11.8. The molecule has 0 amide bonds. The minimum Gasteiger partial charge on any atom is -0.254 e. The number of hydrogen-bond acceptors (Lipinski definition) is 2.